The molecule has 0 aromatic heterocycles. The molecule has 2 nitrogen and oxygen atoms in total. The minimum Gasteiger partial charge on any atom is -0.353 e. The number of hydrogen-bond acceptors (Lipinski definition) is 1. The summed E-state index contributed by atoms with van der Waals surface area (Å²) in [5, 5.41) is 3.15. The molecule has 1 amide bonds. The predicted molar refractivity (Wildman–Crippen MR) is 69.8 cm³/mol. The van der Waals surface area contributed by atoms with E-state index in [1.54, 1.807) is 0 Å². The van der Waals surface area contributed by atoms with Crippen LogP contribution in [-0.2, 0) is 4.79 Å². The third kappa shape index (κ3) is 3.09. The van der Waals surface area contributed by atoms with Crippen LogP contribution in [-0.4, -0.2) is 11.9 Å². The Kier molecular flexibility index (Phi) is 3.82. The maximum absolute atomic E-state index is 12.2. The number of nitrogens with one attached hydrogen (secondary N) is 1. The topological polar surface area (TPSA) is 29.1 Å². The van der Waals surface area contributed by atoms with Gasteiger partial charge in [0.2, 0.25) is 5.91 Å². The zero-order chi connectivity index (χ0) is 12.3. The van der Waals surface area contributed by atoms with Crippen LogP contribution in [0.4, 0.5) is 0 Å². The molecule has 1 fully saturated rings. The van der Waals surface area contributed by atoms with Crippen molar-refractivity contribution in [1.82, 2.24) is 5.32 Å². The molecule has 1 N–H and O–H groups in total. The van der Waals surface area contributed by atoms with Gasteiger partial charge in [0.1, 0.15) is 0 Å². The molecule has 17 heavy (non-hydrogen) atoms. The third-order valence-electron chi connectivity index (χ3n) is 3.63. The van der Waals surface area contributed by atoms with Crippen LogP contribution >= 0.6 is 0 Å². The van der Waals surface area contributed by atoms with E-state index >= 15 is 0 Å². The van der Waals surface area contributed by atoms with Gasteiger partial charge in [-0.1, -0.05) is 37.3 Å². The molecule has 0 radical (unpaired) electrons. The van der Waals surface area contributed by atoms with E-state index < -0.39 is 0 Å². The summed E-state index contributed by atoms with van der Waals surface area (Å²) in [6.07, 6.45) is 3.39. The Labute approximate surface area is 103 Å². The van der Waals surface area contributed by atoms with Gasteiger partial charge in [-0.05, 0) is 37.7 Å². The smallest absolute Gasteiger partial charge is 0.227 e. The molecule has 0 heterocycles. The van der Waals surface area contributed by atoms with E-state index in [2.05, 4.69) is 19.2 Å². The van der Waals surface area contributed by atoms with Crippen LogP contribution in [0, 0.1) is 5.92 Å². The molecule has 1 aromatic carbocycles. The Morgan fingerprint density at radius 3 is 2.53 bits per heavy atom. The van der Waals surface area contributed by atoms with E-state index in [1.807, 2.05) is 30.3 Å². The summed E-state index contributed by atoms with van der Waals surface area (Å²) in [5.41, 5.74) is 1.12. The zero-order valence-corrected chi connectivity index (χ0v) is 10.6. The Bertz CT molecular complexity index is 370. The van der Waals surface area contributed by atoms with Gasteiger partial charge < -0.3 is 5.32 Å². The van der Waals surface area contributed by atoms with E-state index in [9.17, 15) is 4.79 Å². The van der Waals surface area contributed by atoms with Crippen molar-refractivity contribution in [3.8, 4) is 0 Å². The van der Waals surface area contributed by atoms with Crippen molar-refractivity contribution in [3.63, 3.8) is 0 Å². The number of benzene rings is 1. The lowest BCUT2D eigenvalue weighted by atomic mass is 9.95. The van der Waals surface area contributed by atoms with Gasteiger partial charge in [-0.2, -0.15) is 0 Å². The molecule has 2 unspecified atom stereocenters. The fourth-order valence-corrected chi connectivity index (χ4v) is 2.30. The molecule has 2 atom stereocenters. The SMILES string of the molecule is CCC(C(=O)NC(C)C1CC1)c1ccccc1. The van der Waals surface area contributed by atoms with Crippen molar-refractivity contribution in [2.24, 2.45) is 5.92 Å². The minimum absolute atomic E-state index is 0.00241. The molecule has 0 aliphatic heterocycles. The van der Waals surface area contributed by atoms with Gasteiger partial charge in [0.25, 0.3) is 0 Å². The van der Waals surface area contributed by atoms with E-state index in [1.165, 1.54) is 12.8 Å². The Morgan fingerprint density at radius 2 is 2.00 bits per heavy atom. The quantitative estimate of drug-likeness (QED) is 0.829. The van der Waals surface area contributed by atoms with Crippen LogP contribution in [0.25, 0.3) is 0 Å². The summed E-state index contributed by atoms with van der Waals surface area (Å²) in [6, 6.07) is 10.4. The number of rotatable bonds is 5. The summed E-state index contributed by atoms with van der Waals surface area (Å²) in [5.74, 6) is 0.891. The number of hydrogen-bond donors (Lipinski definition) is 1. The Hall–Kier alpha value is -1.31. The number of carbonyl (C=O) groups excluding carboxylic acids is 1. The van der Waals surface area contributed by atoms with Crippen molar-refractivity contribution >= 4 is 5.91 Å². The first-order valence-electron chi connectivity index (χ1n) is 6.57. The number of amides is 1. The van der Waals surface area contributed by atoms with Gasteiger partial charge in [-0.3, -0.25) is 4.79 Å². The fraction of sp³-hybridized carbons (Fsp3) is 0.533. The monoisotopic (exact) mass is 231 g/mol. The molecule has 1 aromatic rings. The van der Waals surface area contributed by atoms with Crippen molar-refractivity contribution in [2.75, 3.05) is 0 Å². The van der Waals surface area contributed by atoms with Crippen molar-refractivity contribution < 1.29 is 4.79 Å². The Balaban J connectivity index is 2.00. The van der Waals surface area contributed by atoms with Crippen molar-refractivity contribution in [1.29, 1.82) is 0 Å². The summed E-state index contributed by atoms with van der Waals surface area (Å²) in [7, 11) is 0. The highest BCUT2D eigenvalue weighted by atomic mass is 16.1. The lowest BCUT2D eigenvalue weighted by Gasteiger charge is -2.19. The normalized spacial score (nSPS) is 18.5. The first-order valence-corrected chi connectivity index (χ1v) is 6.57. The van der Waals surface area contributed by atoms with Gasteiger partial charge in [-0.25, -0.2) is 0 Å². The number of carbonyl (C=O) groups is 1. The molecule has 0 bridgehead atoms. The molecular weight excluding hydrogens is 210 g/mol. The molecule has 0 spiro atoms. The van der Waals surface area contributed by atoms with E-state index in [0.29, 0.717) is 12.0 Å². The van der Waals surface area contributed by atoms with Crippen LogP contribution in [0.3, 0.4) is 0 Å². The van der Waals surface area contributed by atoms with Gasteiger partial charge in [0, 0.05) is 6.04 Å². The largest absolute Gasteiger partial charge is 0.353 e. The average molecular weight is 231 g/mol. The highest BCUT2D eigenvalue weighted by molar-refractivity contribution is 5.83. The van der Waals surface area contributed by atoms with Gasteiger partial charge >= 0.3 is 0 Å². The highest BCUT2D eigenvalue weighted by Crippen LogP contribution is 2.32. The molecule has 92 valence electrons. The maximum atomic E-state index is 12.2. The summed E-state index contributed by atoms with van der Waals surface area (Å²) >= 11 is 0. The first-order chi connectivity index (χ1) is 8.22. The van der Waals surface area contributed by atoms with Gasteiger partial charge in [-0.15, -0.1) is 0 Å². The fourth-order valence-electron chi connectivity index (χ4n) is 2.30. The second-order valence-corrected chi connectivity index (χ2v) is 5.01. The highest BCUT2D eigenvalue weighted by Gasteiger charge is 2.30. The molecule has 0 saturated heterocycles. The third-order valence-corrected chi connectivity index (χ3v) is 3.63. The lowest BCUT2D eigenvalue weighted by molar-refractivity contribution is -0.123. The van der Waals surface area contributed by atoms with Gasteiger partial charge in [0.15, 0.2) is 0 Å². The van der Waals surface area contributed by atoms with E-state index in [0.717, 1.165) is 12.0 Å². The summed E-state index contributed by atoms with van der Waals surface area (Å²) in [4.78, 5) is 12.2. The standard InChI is InChI=1S/C15H21NO/c1-3-14(13-7-5-4-6-8-13)15(17)16-11(2)12-9-10-12/h4-8,11-12,14H,3,9-10H2,1-2H3,(H,16,17). The van der Waals surface area contributed by atoms with Crippen LogP contribution in [0.5, 0.6) is 0 Å². The van der Waals surface area contributed by atoms with E-state index in [-0.39, 0.29) is 11.8 Å². The van der Waals surface area contributed by atoms with Crippen molar-refractivity contribution in [3.05, 3.63) is 35.9 Å². The van der Waals surface area contributed by atoms with Gasteiger partial charge in [0.05, 0.1) is 5.92 Å². The molecular formula is C15H21NO. The van der Waals surface area contributed by atoms with Crippen LogP contribution in [0.2, 0.25) is 0 Å². The summed E-state index contributed by atoms with van der Waals surface area (Å²) in [6.45, 7) is 4.19. The molecule has 1 aliphatic rings. The Morgan fingerprint density at radius 1 is 1.35 bits per heavy atom. The lowest BCUT2D eigenvalue weighted by Crippen LogP contribution is -2.37. The van der Waals surface area contributed by atoms with Crippen LogP contribution in [0.15, 0.2) is 30.3 Å². The zero-order valence-electron chi connectivity index (χ0n) is 10.6. The second kappa shape index (κ2) is 5.35. The predicted octanol–water partition coefficient (Wildman–Crippen LogP) is 3.09. The molecule has 2 heteroatoms. The summed E-state index contributed by atoms with van der Waals surface area (Å²) < 4.78 is 0. The average Bonchev–Trinajstić information content (AvgIpc) is 3.15. The molecule has 1 aliphatic carbocycles. The van der Waals surface area contributed by atoms with E-state index in [4.69, 9.17) is 0 Å². The van der Waals surface area contributed by atoms with Crippen molar-refractivity contribution in [2.45, 2.75) is 45.1 Å². The molecule has 2 rings (SSSR count). The minimum atomic E-state index is -0.00241. The van der Waals surface area contributed by atoms with Crippen LogP contribution in [0.1, 0.15) is 44.6 Å². The van der Waals surface area contributed by atoms with Crippen LogP contribution < -0.4 is 5.32 Å². The first kappa shape index (κ1) is 12.2. The second-order valence-electron chi connectivity index (χ2n) is 5.01. The maximum Gasteiger partial charge on any atom is 0.227 e. The molecule has 1 saturated carbocycles.